The van der Waals surface area contributed by atoms with Gasteiger partial charge in [0.2, 0.25) is 0 Å². The van der Waals surface area contributed by atoms with Crippen molar-refractivity contribution in [3.63, 3.8) is 0 Å². The molecule has 2 amide bonds. The van der Waals surface area contributed by atoms with Crippen LogP contribution >= 0.6 is 0 Å². The zero-order valence-corrected chi connectivity index (χ0v) is 17.5. The van der Waals surface area contributed by atoms with Crippen LogP contribution in [0.3, 0.4) is 0 Å². The van der Waals surface area contributed by atoms with Crippen LogP contribution in [0, 0.1) is 0 Å². The molecule has 6 heteroatoms. The molecule has 1 saturated carbocycles. The largest absolute Gasteiger partial charge is 0.497 e. The molecule has 0 radical (unpaired) electrons. The van der Waals surface area contributed by atoms with Crippen LogP contribution in [0.15, 0.2) is 48.5 Å². The number of fused-ring (bicyclic) bond motifs is 1. The van der Waals surface area contributed by atoms with Gasteiger partial charge in [0.25, 0.3) is 0 Å². The van der Waals surface area contributed by atoms with Gasteiger partial charge < -0.3 is 20.4 Å². The smallest absolute Gasteiger partial charge is 0.315 e. The number of hydrogen-bond donors (Lipinski definition) is 3. The predicted octanol–water partition coefficient (Wildman–Crippen LogP) is 4.88. The fourth-order valence-corrected chi connectivity index (χ4v) is 4.16. The summed E-state index contributed by atoms with van der Waals surface area (Å²) in [6.07, 6.45) is 7.65. The Kier molecular flexibility index (Phi) is 6.52. The first-order valence-electron chi connectivity index (χ1n) is 10.9. The van der Waals surface area contributed by atoms with E-state index in [0.717, 1.165) is 41.0 Å². The lowest BCUT2D eigenvalue weighted by atomic mass is 10.1. The molecule has 3 N–H and O–H groups in total. The number of amides is 2. The second-order valence-corrected chi connectivity index (χ2v) is 8.05. The molecule has 30 heavy (non-hydrogen) atoms. The molecule has 6 nitrogen and oxygen atoms in total. The van der Waals surface area contributed by atoms with Gasteiger partial charge >= 0.3 is 6.03 Å². The summed E-state index contributed by atoms with van der Waals surface area (Å²) in [6, 6.07) is 15.7. The number of benzene rings is 2. The van der Waals surface area contributed by atoms with Crippen LogP contribution in [0.4, 0.5) is 4.79 Å². The summed E-state index contributed by atoms with van der Waals surface area (Å²) >= 11 is 0. The monoisotopic (exact) mass is 406 g/mol. The van der Waals surface area contributed by atoms with Gasteiger partial charge in [-0.05, 0) is 49.1 Å². The summed E-state index contributed by atoms with van der Waals surface area (Å²) in [5.41, 5.74) is 2.98. The third kappa shape index (κ3) is 5.12. The maximum absolute atomic E-state index is 12.8. The van der Waals surface area contributed by atoms with Crippen molar-refractivity contribution in [1.82, 2.24) is 20.6 Å². The Hall–Kier alpha value is -3.02. The van der Waals surface area contributed by atoms with E-state index in [0.29, 0.717) is 6.42 Å². The average Bonchev–Trinajstić information content (AvgIpc) is 3.04. The quantitative estimate of drug-likeness (QED) is 0.511. The summed E-state index contributed by atoms with van der Waals surface area (Å²) in [5.74, 6) is 1.58. The van der Waals surface area contributed by atoms with Crippen molar-refractivity contribution in [1.29, 1.82) is 0 Å². The van der Waals surface area contributed by atoms with Crippen LogP contribution in [0.1, 0.15) is 56.0 Å². The first-order chi connectivity index (χ1) is 14.7. The number of ether oxygens (including phenoxy) is 1. The highest BCUT2D eigenvalue weighted by atomic mass is 16.5. The summed E-state index contributed by atoms with van der Waals surface area (Å²) in [5, 5.41) is 6.35. The SMILES string of the molecule is COc1ccc(C[C@@H](NC(=O)NC2CCCCCC2)c2nc3ccccc3[nH]2)cc1. The molecule has 4 rings (SSSR count). The van der Waals surface area contributed by atoms with E-state index in [1.165, 1.54) is 25.7 Å². The number of nitrogens with zero attached hydrogens (tertiary/aromatic N) is 1. The minimum absolute atomic E-state index is 0.124. The van der Waals surface area contributed by atoms with E-state index in [2.05, 4.69) is 15.6 Å². The molecule has 0 spiro atoms. The topological polar surface area (TPSA) is 79.0 Å². The lowest BCUT2D eigenvalue weighted by Gasteiger charge is -2.21. The van der Waals surface area contributed by atoms with Crippen LogP contribution in [0.2, 0.25) is 0 Å². The van der Waals surface area contributed by atoms with Crippen LogP contribution in [-0.4, -0.2) is 29.2 Å². The van der Waals surface area contributed by atoms with Crippen LogP contribution in [-0.2, 0) is 6.42 Å². The Bertz CT molecular complexity index is 926. The van der Waals surface area contributed by atoms with E-state index in [4.69, 9.17) is 9.72 Å². The average molecular weight is 407 g/mol. The minimum Gasteiger partial charge on any atom is -0.497 e. The highest BCUT2D eigenvalue weighted by Gasteiger charge is 2.21. The summed E-state index contributed by atoms with van der Waals surface area (Å²) in [4.78, 5) is 20.9. The first-order valence-corrected chi connectivity index (χ1v) is 10.9. The normalized spacial score (nSPS) is 16.0. The lowest BCUT2D eigenvalue weighted by molar-refractivity contribution is 0.231. The number of aromatic amines is 1. The van der Waals surface area contributed by atoms with E-state index < -0.39 is 0 Å². The standard InChI is InChI=1S/C24H30N4O2/c1-30-19-14-12-17(13-15-19)16-22(23-26-20-10-6-7-11-21(20)27-23)28-24(29)25-18-8-4-2-3-5-9-18/h6-7,10-15,18,22H,2-5,8-9,16H2,1H3,(H,26,27)(H2,25,28,29)/t22-/m1/s1. The van der Waals surface area contributed by atoms with Gasteiger partial charge in [0.1, 0.15) is 11.6 Å². The zero-order valence-electron chi connectivity index (χ0n) is 17.5. The number of carbonyl (C=O) groups excluding carboxylic acids is 1. The van der Waals surface area contributed by atoms with Gasteiger partial charge in [0, 0.05) is 6.04 Å². The second kappa shape index (κ2) is 9.65. The number of aromatic nitrogens is 2. The molecule has 1 aliphatic carbocycles. The highest BCUT2D eigenvalue weighted by Crippen LogP contribution is 2.22. The molecule has 1 fully saturated rings. The third-order valence-corrected chi connectivity index (χ3v) is 5.83. The van der Waals surface area contributed by atoms with E-state index >= 15 is 0 Å². The molecule has 1 heterocycles. The van der Waals surface area contributed by atoms with Gasteiger partial charge in [-0.2, -0.15) is 0 Å². The molecule has 0 saturated heterocycles. The molecule has 158 valence electrons. The molecular formula is C24H30N4O2. The van der Waals surface area contributed by atoms with E-state index in [1.54, 1.807) is 7.11 Å². The second-order valence-electron chi connectivity index (χ2n) is 8.05. The van der Waals surface area contributed by atoms with Gasteiger partial charge in [0.05, 0.1) is 24.2 Å². The Morgan fingerprint density at radius 2 is 1.83 bits per heavy atom. The maximum Gasteiger partial charge on any atom is 0.315 e. The molecule has 1 aromatic heterocycles. The Balaban J connectivity index is 1.51. The van der Waals surface area contributed by atoms with Crippen molar-refractivity contribution in [3.8, 4) is 5.75 Å². The maximum atomic E-state index is 12.8. The summed E-state index contributed by atoms with van der Waals surface area (Å²) in [6.45, 7) is 0. The zero-order chi connectivity index (χ0) is 20.8. The number of imidazole rings is 1. The van der Waals surface area contributed by atoms with Crippen molar-refractivity contribution < 1.29 is 9.53 Å². The summed E-state index contributed by atoms with van der Waals surface area (Å²) < 4.78 is 5.26. The molecule has 0 unspecified atom stereocenters. The number of hydrogen-bond acceptors (Lipinski definition) is 3. The van der Waals surface area contributed by atoms with Crippen molar-refractivity contribution >= 4 is 17.1 Å². The number of methoxy groups -OCH3 is 1. The number of rotatable bonds is 6. The molecule has 0 aliphatic heterocycles. The van der Waals surface area contributed by atoms with Crippen molar-refractivity contribution in [2.24, 2.45) is 0 Å². The van der Waals surface area contributed by atoms with Gasteiger partial charge in [-0.3, -0.25) is 0 Å². The minimum atomic E-state index is -0.253. The number of H-pyrrole nitrogens is 1. The molecule has 1 aliphatic rings. The number of para-hydroxylation sites is 2. The van der Waals surface area contributed by atoms with Crippen molar-refractivity contribution in [3.05, 3.63) is 59.9 Å². The molecule has 3 aromatic rings. The van der Waals surface area contributed by atoms with Gasteiger partial charge in [-0.25, -0.2) is 9.78 Å². The Morgan fingerprint density at radius 3 is 2.53 bits per heavy atom. The lowest BCUT2D eigenvalue weighted by Crippen LogP contribution is -2.44. The predicted molar refractivity (Wildman–Crippen MR) is 119 cm³/mol. The fourth-order valence-electron chi connectivity index (χ4n) is 4.16. The first kappa shape index (κ1) is 20.3. The molecular weight excluding hydrogens is 376 g/mol. The number of carbonyl (C=O) groups is 1. The van der Waals surface area contributed by atoms with E-state index in [9.17, 15) is 4.79 Å². The molecule has 2 aromatic carbocycles. The van der Waals surface area contributed by atoms with Crippen molar-refractivity contribution in [2.75, 3.05) is 7.11 Å². The highest BCUT2D eigenvalue weighted by molar-refractivity contribution is 5.76. The van der Waals surface area contributed by atoms with Crippen LogP contribution < -0.4 is 15.4 Å². The molecule has 0 bridgehead atoms. The Morgan fingerprint density at radius 1 is 1.10 bits per heavy atom. The van der Waals surface area contributed by atoms with Gasteiger partial charge in [-0.1, -0.05) is 49.9 Å². The van der Waals surface area contributed by atoms with Gasteiger partial charge in [-0.15, -0.1) is 0 Å². The third-order valence-electron chi connectivity index (χ3n) is 5.83. The van der Waals surface area contributed by atoms with E-state index in [-0.39, 0.29) is 18.1 Å². The van der Waals surface area contributed by atoms with E-state index in [1.807, 2.05) is 48.5 Å². The van der Waals surface area contributed by atoms with Crippen molar-refractivity contribution in [2.45, 2.75) is 57.0 Å². The van der Waals surface area contributed by atoms with Crippen LogP contribution in [0.5, 0.6) is 5.75 Å². The Labute approximate surface area is 177 Å². The number of nitrogens with one attached hydrogen (secondary N) is 3. The van der Waals surface area contributed by atoms with Gasteiger partial charge in [0.15, 0.2) is 0 Å². The molecule has 1 atom stereocenters. The fraction of sp³-hybridized carbons (Fsp3) is 0.417. The summed E-state index contributed by atoms with van der Waals surface area (Å²) in [7, 11) is 1.66. The number of urea groups is 1. The van der Waals surface area contributed by atoms with Crippen LogP contribution in [0.25, 0.3) is 11.0 Å².